The number of carbonyl (C=O) groups excluding carboxylic acids is 1. The molecule has 1 aliphatic heterocycles. The van der Waals surface area contributed by atoms with Gasteiger partial charge in [-0.05, 0) is 49.4 Å². The number of ether oxygens (including phenoxy) is 2. The van der Waals surface area contributed by atoms with Crippen molar-refractivity contribution in [2.75, 3.05) is 24.6 Å². The Morgan fingerprint density at radius 2 is 1.94 bits per heavy atom. The van der Waals surface area contributed by atoms with Crippen LogP contribution in [0.4, 0.5) is 5.69 Å². The average Bonchev–Trinajstić information content (AvgIpc) is 3.60. The summed E-state index contributed by atoms with van der Waals surface area (Å²) in [6.07, 6.45) is 9.83. The Kier molecular flexibility index (Phi) is 6.56. The lowest BCUT2D eigenvalue weighted by atomic mass is 10.1. The van der Waals surface area contributed by atoms with Crippen molar-refractivity contribution in [3.8, 4) is 11.6 Å². The molecule has 0 radical (unpaired) electrons. The normalized spacial score (nSPS) is 18.4. The molecule has 3 heterocycles. The molecule has 1 N–H and O–H groups in total. The number of nitrogens with zero attached hydrogens (tertiary/aromatic N) is 4. The van der Waals surface area contributed by atoms with E-state index in [1.807, 2.05) is 49.5 Å². The van der Waals surface area contributed by atoms with Crippen molar-refractivity contribution >= 4 is 11.6 Å². The van der Waals surface area contributed by atoms with Crippen LogP contribution >= 0.6 is 0 Å². The van der Waals surface area contributed by atoms with Gasteiger partial charge < -0.3 is 19.7 Å². The van der Waals surface area contributed by atoms with Gasteiger partial charge in [0.25, 0.3) is 5.91 Å². The van der Waals surface area contributed by atoms with Gasteiger partial charge in [0, 0.05) is 43.3 Å². The van der Waals surface area contributed by atoms with Crippen molar-refractivity contribution in [1.82, 2.24) is 20.3 Å². The smallest absolute Gasteiger partial charge is 0.254 e. The number of amides is 1. The molecule has 2 atom stereocenters. The summed E-state index contributed by atoms with van der Waals surface area (Å²) in [5.41, 5.74) is 2.56. The summed E-state index contributed by atoms with van der Waals surface area (Å²) in [7, 11) is 0. The summed E-state index contributed by atoms with van der Waals surface area (Å²) in [6.45, 7) is 4.46. The highest BCUT2D eigenvalue weighted by molar-refractivity contribution is 5.93. The van der Waals surface area contributed by atoms with Crippen LogP contribution in [-0.2, 0) is 0 Å². The number of pyridine rings is 1. The van der Waals surface area contributed by atoms with Crippen LogP contribution in [0.15, 0.2) is 61.3 Å². The van der Waals surface area contributed by atoms with E-state index in [-0.39, 0.29) is 18.1 Å². The van der Waals surface area contributed by atoms with Crippen molar-refractivity contribution in [1.29, 1.82) is 0 Å². The van der Waals surface area contributed by atoms with E-state index in [0.717, 1.165) is 43.1 Å². The van der Waals surface area contributed by atoms with E-state index >= 15 is 0 Å². The van der Waals surface area contributed by atoms with E-state index in [2.05, 4.69) is 25.2 Å². The quantitative estimate of drug-likeness (QED) is 0.520. The molecule has 1 aromatic carbocycles. The van der Waals surface area contributed by atoms with Gasteiger partial charge in [-0.3, -0.25) is 4.79 Å². The highest BCUT2D eigenvalue weighted by atomic mass is 16.5. The molecule has 1 unspecified atom stereocenters. The monoisotopic (exact) mass is 459 g/mol. The molecule has 2 aliphatic rings. The largest absolute Gasteiger partial charge is 0.489 e. The Balaban J connectivity index is 1.13. The molecule has 0 bridgehead atoms. The van der Waals surface area contributed by atoms with Gasteiger partial charge in [-0.25, -0.2) is 15.0 Å². The number of rotatable bonds is 9. The Morgan fingerprint density at radius 3 is 2.71 bits per heavy atom. The van der Waals surface area contributed by atoms with Crippen LogP contribution in [-0.4, -0.2) is 46.7 Å². The standard InChI is InChI=1S/C26H29N5O3/c1-18(30-26(32)21-13-27-17-28-14-21)20-4-6-23(7-5-20)34-24-9-11-31(15-24)22-8-10-29-25(12-22)33-16-19-2-3-19/h4-8,10,12-14,17-19,24H,2-3,9,11,15-16H2,1H3,(H,30,32)/t18-,24?/m0/s1. The lowest BCUT2D eigenvalue weighted by Crippen LogP contribution is -2.27. The fourth-order valence-corrected chi connectivity index (χ4v) is 4.03. The van der Waals surface area contributed by atoms with Gasteiger partial charge in [0.2, 0.25) is 5.88 Å². The van der Waals surface area contributed by atoms with E-state index in [0.29, 0.717) is 17.4 Å². The predicted molar refractivity (Wildman–Crippen MR) is 128 cm³/mol. The molecular weight excluding hydrogens is 430 g/mol. The predicted octanol–water partition coefficient (Wildman–Crippen LogP) is 3.81. The molecule has 8 nitrogen and oxygen atoms in total. The fraction of sp³-hybridized carbons (Fsp3) is 0.385. The van der Waals surface area contributed by atoms with Gasteiger partial charge in [0.1, 0.15) is 18.2 Å². The lowest BCUT2D eigenvalue weighted by Gasteiger charge is -2.20. The molecule has 5 rings (SSSR count). The summed E-state index contributed by atoms with van der Waals surface area (Å²) >= 11 is 0. The number of benzene rings is 1. The summed E-state index contributed by atoms with van der Waals surface area (Å²) in [5.74, 6) is 2.04. The molecule has 1 saturated heterocycles. The zero-order chi connectivity index (χ0) is 23.3. The second-order valence-electron chi connectivity index (χ2n) is 8.97. The van der Waals surface area contributed by atoms with Crippen LogP contribution in [0, 0.1) is 5.92 Å². The molecular formula is C26H29N5O3. The van der Waals surface area contributed by atoms with Gasteiger partial charge >= 0.3 is 0 Å². The maximum Gasteiger partial charge on any atom is 0.254 e. The highest BCUT2D eigenvalue weighted by Crippen LogP contribution is 2.30. The van der Waals surface area contributed by atoms with Crippen molar-refractivity contribution < 1.29 is 14.3 Å². The summed E-state index contributed by atoms with van der Waals surface area (Å²) in [6, 6.07) is 11.8. The molecule has 1 aliphatic carbocycles. The van der Waals surface area contributed by atoms with E-state index < -0.39 is 0 Å². The number of aromatic nitrogens is 3. The minimum absolute atomic E-state index is 0.116. The van der Waals surface area contributed by atoms with Crippen LogP contribution in [0.1, 0.15) is 48.1 Å². The first-order chi connectivity index (χ1) is 16.6. The lowest BCUT2D eigenvalue weighted by molar-refractivity contribution is 0.0939. The van der Waals surface area contributed by atoms with E-state index in [9.17, 15) is 4.79 Å². The third-order valence-corrected chi connectivity index (χ3v) is 6.25. The van der Waals surface area contributed by atoms with Crippen LogP contribution < -0.4 is 19.7 Å². The second kappa shape index (κ2) is 10.1. The first kappa shape index (κ1) is 22.1. The van der Waals surface area contributed by atoms with Crippen LogP contribution in [0.5, 0.6) is 11.6 Å². The maximum atomic E-state index is 12.3. The summed E-state index contributed by atoms with van der Waals surface area (Å²) in [4.78, 5) is 26.8. The molecule has 0 spiro atoms. The molecule has 8 heteroatoms. The second-order valence-corrected chi connectivity index (χ2v) is 8.97. The fourth-order valence-electron chi connectivity index (χ4n) is 4.03. The topological polar surface area (TPSA) is 89.5 Å². The minimum atomic E-state index is -0.198. The van der Waals surface area contributed by atoms with E-state index in [1.54, 1.807) is 0 Å². The Morgan fingerprint density at radius 1 is 1.15 bits per heavy atom. The molecule has 2 aromatic heterocycles. The van der Waals surface area contributed by atoms with Crippen molar-refractivity contribution in [2.45, 2.75) is 38.3 Å². The zero-order valence-corrected chi connectivity index (χ0v) is 19.3. The van der Waals surface area contributed by atoms with Crippen molar-refractivity contribution in [2.24, 2.45) is 5.92 Å². The SMILES string of the molecule is C[C@H](NC(=O)c1cncnc1)c1ccc(OC2CCN(c3ccnc(OCC4CC4)c3)C2)cc1. The number of hydrogen-bond donors (Lipinski definition) is 1. The number of anilines is 1. The summed E-state index contributed by atoms with van der Waals surface area (Å²) < 4.78 is 12.1. The molecule has 34 heavy (non-hydrogen) atoms. The zero-order valence-electron chi connectivity index (χ0n) is 19.3. The van der Waals surface area contributed by atoms with Gasteiger partial charge in [-0.2, -0.15) is 0 Å². The summed E-state index contributed by atoms with van der Waals surface area (Å²) in [5, 5.41) is 2.97. The minimum Gasteiger partial charge on any atom is -0.489 e. The van der Waals surface area contributed by atoms with E-state index in [4.69, 9.17) is 9.47 Å². The van der Waals surface area contributed by atoms with E-state index in [1.165, 1.54) is 31.6 Å². The van der Waals surface area contributed by atoms with Gasteiger partial charge in [0.15, 0.2) is 0 Å². The molecule has 176 valence electrons. The van der Waals surface area contributed by atoms with Crippen LogP contribution in [0.3, 0.4) is 0 Å². The highest BCUT2D eigenvalue weighted by Gasteiger charge is 2.25. The molecule has 1 saturated carbocycles. The third kappa shape index (κ3) is 5.62. The maximum absolute atomic E-state index is 12.3. The number of hydrogen-bond acceptors (Lipinski definition) is 7. The Bertz CT molecular complexity index is 1100. The van der Waals surface area contributed by atoms with Gasteiger partial charge in [-0.1, -0.05) is 12.1 Å². The van der Waals surface area contributed by atoms with Gasteiger partial charge in [0.05, 0.1) is 24.8 Å². The third-order valence-electron chi connectivity index (χ3n) is 6.25. The van der Waals surface area contributed by atoms with Gasteiger partial charge in [-0.15, -0.1) is 0 Å². The Hall–Kier alpha value is -3.68. The molecule has 2 fully saturated rings. The number of nitrogens with one attached hydrogen (secondary N) is 1. The first-order valence-electron chi connectivity index (χ1n) is 11.8. The molecule has 3 aromatic rings. The van der Waals surface area contributed by atoms with Crippen molar-refractivity contribution in [3.63, 3.8) is 0 Å². The average molecular weight is 460 g/mol. The van der Waals surface area contributed by atoms with Crippen LogP contribution in [0.2, 0.25) is 0 Å². The Labute approximate surface area is 199 Å². The first-order valence-corrected chi connectivity index (χ1v) is 11.8. The van der Waals surface area contributed by atoms with Crippen LogP contribution in [0.25, 0.3) is 0 Å². The van der Waals surface area contributed by atoms with Crippen molar-refractivity contribution in [3.05, 3.63) is 72.4 Å². The molecule has 1 amide bonds. The number of carbonyl (C=O) groups is 1.